The van der Waals surface area contributed by atoms with Gasteiger partial charge in [-0.3, -0.25) is 4.99 Å². The fourth-order valence-electron chi connectivity index (χ4n) is 3.68. The summed E-state index contributed by atoms with van der Waals surface area (Å²) in [6.07, 6.45) is 1.26. The Morgan fingerprint density at radius 2 is 1.96 bits per heavy atom. The van der Waals surface area contributed by atoms with E-state index in [1.54, 1.807) is 0 Å². The molecule has 0 spiro atoms. The first kappa shape index (κ1) is 24.0. The second-order valence-electron chi connectivity index (χ2n) is 7.49. The second kappa shape index (κ2) is 11.7. The summed E-state index contributed by atoms with van der Waals surface area (Å²) in [4.78, 5) is 11.6. The third-order valence-corrected chi connectivity index (χ3v) is 5.49. The Balaban J connectivity index is 0.00000364. The molecule has 0 amide bonds. The lowest BCUT2D eigenvalue weighted by atomic mass is 10.1. The zero-order valence-corrected chi connectivity index (χ0v) is 20.3. The third-order valence-electron chi connectivity index (χ3n) is 5.49. The van der Waals surface area contributed by atoms with Gasteiger partial charge in [-0.25, -0.2) is 0 Å². The van der Waals surface area contributed by atoms with Crippen LogP contribution in [-0.4, -0.2) is 69.6 Å². The summed E-state index contributed by atoms with van der Waals surface area (Å²) in [6, 6.07) is 6.65. The third kappa shape index (κ3) is 6.82. The fraction of sp³-hybridized carbons (Fsp3) is 0.667. The standard InChI is InChI=1S/C21H37N5.HI/c1-7-25(8-2)15-18-11-12-26(16-18)21(22-4)23-14-19-9-10-20(24(5)6)13-17(19)3;/h9-10,13,18H,7-8,11-12,14-16H2,1-6H3,(H,22,23);1H. The van der Waals surface area contributed by atoms with Gasteiger partial charge in [0.15, 0.2) is 5.96 Å². The summed E-state index contributed by atoms with van der Waals surface area (Å²) in [6.45, 7) is 13.2. The molecule has 2 rings (SSSR count). The highest BCUT2D eigenvalue weighted by atomic mass is 127. The number of hydrogen-bond acceptors (Lipinski definition) is 3. The van der Waals surface area contributed by atoms with Gasteiger partial charge >= 0.3 is 0 Å². The number of likely N-dealkylation sites (tertiary alicyclic amines) is 1. The molecule has 1 aromatic rings. The van der Waals surface area contributed by atoms with Gasteiger partial charge in [-0.2, -0.15) is 0 Å². The molecule has 1 unspecified atom stereocenters. The highest BCUT2D eigenvalue weighted by Gasteiger charge is 2.25. The van der Waals surface area contributed by atoms with Crippen LogP contribution in [0, 0.1) is 12.8 Å². The predicted molar refractivity (Wildman–Crippen MR) is 129 cm³/mol. The summed E-state index contributed by atoms with van der Waals surface area (Å²) < 4.78 is 0. The summed E-state index contributed by atoms with van der Waals surface area (Å²) in [5, 5.41) is 3.57. The molecular formula is C21H38IN5. The monoisotopic (exact) mass is 487 g/mol. The highest BCUT2D eigenvalue weighted by Crippen LogP contribution is 2.19. The van der Waals surface area contributed by atoms with Crippen LogP contribution in [0.25, 0.3) is 0 Å². The van der Waals surface area contributed by atoms with Crippen molar-refractivity contribution in [2.24, 2.45) is 10.9 Å². The van der Waals surface area contributed by atoms with Crippen molar-refractivity contribution in [3.8, 4) is 0 Å². The van der Waals surface area contributed by atoms with E-state index in [1.807, 2.05) is 7.05 Å². The number of aryl methyl sites for hydroxylation is 1. The van der Waals surface area contributed by atoms with E-state index in [4.69, 9.17) is 0 Å². The number of nitrogens with one attached hydrogen (secondary N) is 1. The Hall–Kier alpha value is -1.02. The Kier molecular flexibility index (Phi) is 10.4. The Morgan fingerprint density at radius 3 is 2.52 bits per heavy atom. The van der Waals surface area contributed by atoms with E-state index in [-0.39, 0.29) is 24.0 Å². The van der Waals surface area contributed by atoms with Crippen LogP contribution in [-0.2, 0) is 6.54 Å². The number of hydrogen-bond donors (Lipinski definition) is 1. The van der Waals surface area contributed by atoms with Gasteiger partial charge in [0, 0.05) is 53.0 Å². The molecule has 1 aliphatic heterocycles. The maximum Gasteiger partial charge on any atom is 0.193 e. The van der Waals surface area contributed by atoms with E-state index in [9.17, 15) is 0 Å². The van der Waals surface area contributed by atoms with Gasteiger partial charge in [0.25, 0.3) is 0 Å². The van der Waals surface area contributed by atoms with Gasteiger partial charge in [-0.15, -0.1) is 24.0 Å². The molecule has 1 N–H and O–H groups in total. The molecule has 5 nitrogen and oxygen atoms in total. The minimum absolute atomic E-state index is 0. The minimum atomic E-state index is 0. The molecule has 0 aliphatic carbocycles. The van der Waals surface area contributed by atoms with E-state index in [0.29, 0.717) is 0 Å². The molecule has 1 atom stereocenters. The zero-order chi connectivity index (χ0) is 19.1. The minimum Gasteiger partial charge on any atom is -0.378 e. The van der Waals surface area contributed by atoms with Crippen molar-refractivity contribution in [1.29, 1.82) is 0 Å². The molecule has 1 aliphatic rings. The Labute approximate surface area is 183 Å². The molecule has 0 radical (unpaired) electrons. The quantitative estimate of drug-likeness (QED) is 0.363. The number of anilines is 1. The molecule has 1 heterocycles. The van der Waals surface area contributed by atoms with E-state index >= 15 is 0 Å². The number of benzene rings is 1. The molecule has 154 valence electrons. The van der Waals surface area contributed by atoms with Gasteiger partial charge in [-0.05, 0) is 55.6 Å². The van der Waals surface area contributed by atoms with Crippen molar-refractivity contribution in [3.63, 3.8) is 0 Å². The van der Waals surface area contributed by atoms with Crippen molar-refractivity contribution in [1.82, 2.24) is 15.1 Å². The number of nitrogens with zero attached hydrogens (tertiary/aromatic N) is 4. The van der Waals surface area contributed by atoms with Crippen LogP contribution in [0.5, 0.6) is 0 Å². The van der Waals surface area contributed by atoms with E-state index < -0.39 is 0 Å². The van der Waals surface area contributed by atoms with E-state index in [0.717, 1.165) is 44.6 Å². The molecule has 27 heavy (non-hydrogen) atoms. The first-order chi connectivity index (χ1) is 12.5. The lowest BCUT2D eigenvalue weighted by Crippen LogP contribution is -2.40. The van der Waals surface area contributed by atoms with Gasteiger partial charge in [0.2, 0.25) is 0 Å². The second-order valence-corrected chi connectivity index (χ2v) is 7.49. The number of halogens is 1. The highest BCUT2D eigenvalue weighted by molar-refractivity contribution is 14.0. The van der Waals surface area contributed by atoms with Crippen LogP contribution >= 0.6 is 24.0 Å². The number of guanidine groups is 1. The SMILES string of the molecule is CCN(CC)CC1CCN(C(=NC)NCc2ccc(N(C)C)cc2C)C1.I. The predicted octanol–water partition coefficient (Wildman–Crippen LogP) is 3.42. The fourth-order valence-corrected chi connectivity index (χ4v) is 3.68. The summed E-state index contributed by atoms with van der Waals surface area (Å²) in [7, 11) is 6.05. The number of aliphatic imine (C=N–C) groups is 1. The smallest absolute Gasteiger partial charge is 0.193 e. The maximum atomic E-state index is 4.52. The molecule has 0 bridgehead atoms. The van der Waals surface area contributed by atoms with E-state index in [1.165, 1.54) is 29.8 Å². The lowest BCUT2D eigenvalue weighted by molar-refractivity contribution is 0.255. The lowest BCUT2D eigenvalue weighted by Gasteiger charge is -2.24. The molecule has 1 aromatic carbocycles. The largest absolute Gasteiger partial charge is 0.378 e. The molecule has 1 saturated heterocycles. The molecule has 6 heteroatoms. The van der Waals surface area contributed by atoms with Crippen molar-refractivity contribution in [2.75, 3.05) is 58.8 Å². The van der Waals surface area contributed by atoms with Crippen molar-refractivity contribution >= 4 is 35.6 Å². The molecule has 1 fully saturated rings. The summed E-state index contributed by atoms with van der Waals surface area (Å²) >= 11 is 0. The van der Waals surface area contributed by atoms with Crippen LogP contribution in [0.1, 0.15) is 31.4 Å². The van der Waals surface area contributed by atoms with Crippen LogP contribution in [0.4, 0.5) is 5.69 Å². The van der Waals surface area contributed by atoms with Crippen LogP contribution in [0.15, 0.2) is 23.2 Å². The first-order valence-electron chi connectivity index (χ1n) is 9.93. The average Bonchev–Trinajstić information content (AvgIpc) is 3.09. The number of rotatable bonds is 7. The van der Waals surface area contributed by atoms with Gasteiger partial charge in [0.1, 0.15) is 0 Å². The van der Waals surface area contributed by atoms with Gasteiger partial charge in [-0.1, -0.05) is 19.9 Å². The van der Waals surface area contributed by atoms with Crippen molar-refractivity contribution in [2.45, 2.75) is 33.7 Å². The van der Waals surface area contributed by atoms with Gasteiger partial charge < -0.3 is 20.0 Å². The van der Waals surface area contributed by atoms with Crippen LogP contribution in [0.2, 0.25) is 0 Å². The maximum absolute atomic E-state index is 4.52. The normalized spacial score (nSPS) is 17.2. The van der Waals surface area contributed by atoms with Crippen molar-refractivity contribution < 1.29 is 0 Å². The zero-order valence-electron chi connectivity index (χ0n) is 18.0. The summed E-state index contributed by atoms with van der Waals surface area (Å²) in [5.41, 5.74) is 3.89. The van der Waals surface area contributed by atoms with Crippen LogP contribution in [0.3, 0.4) is 0 Å². The Morgan fingerprint density at radius 1 is 1.26 bits per heavy atom. The topological polar surface area (TPSA) is 34.1 Å². The first-order valence-corrected chi connectivity index (χ1v) is 9.93. The molecule has 0 saturated carbocycles. The molecule has 0 aromatic heterocycles. The van der Waals surface area contributed by atoms with Crippen molar-refractivity contribution in [3.05, 3.63) is 29.3 Å². The molecular weight excluding hydrogens is 449 g/mol. The van der Waals surface area contributed by atoms with Crippen LogP contribution < -0.4 is 10.2 Å². The van der Waals surface area contributed by atoms with Gasteiger partial charge in [0.05, 0.1) is 0 Å². The average molecular weight is 487 g/mol. The Bertz CT molecular complexity index is 598. The summed E-state index contributed by atoms with van der Waals surface area (Å²) in [5.74, 6) is 1.78. The van der Waals surface area contributed by atoms with E-state index in [2.05, 4.69) is 78.1 Å².